The average Bonchev–Trinajstić information content (AvgIpc) is 2.04. The van der Waals surface area contributed by atoms with Gasteiger partial charge in [0, 0.05) is 27.1 Å². The van der Waals surface area contributed by atoms with Crippen LogP contribution in [0.2, 0.25) is 0 Å². The highest BCUT2D eigenvalue weighted by Crippen LogP contribution is 1.91. The molecule has 68 valence electrons. The van der Waals surface area contributed by atoms with Crippen LogP contribution in [0.1, 0.15) is 13.3 Å². The van der Waals surface area contributed by atoms with E-state index in [4.69, 9.17) is 10.00 Å². The maximum Gasteiger partial charge on any atom is 0.219 e. The second kappa shape index (κ2) is 6.62. The molecule has 4 nitrogen and oxygen atoms in total. The molecule has 0 saturated carbocycles. The Labute approximate surface area is 72.7 Å². The molecule has 0 atom stereocenters. The molecule has 4 heteroatoms. The smallest absolute Gasteiger partial charge is 0.219 e. The van der Waals surface area contributed by atoms with E-state index >= 15 is 0 Å². The second-order valence-corrected chi connectivity index (χ2v) is 2.41. The summed E-state index contributed by atoms with van der Waals surface area (Å²) >= 11 is 0. The molecule has 0 aliphatic rings. The van der Waals surface area contributed by atoms with Crippen LogP contribution in [0.4, 0.5) is 0 Å². The molecule has 0 rings (SSSR count). The van der Waals surface area contributed by atoms with Crippen LogP contribution in [0, 0.1) is 11.3 Å². The molecule has 0 N–H and O–H groups in total. The molecule has 0 heterocycles. The lowest BCUT2D eigenvalue weighted by atomic mass is 10.4. The van der Waals surface area contributed by atoms with Gasteiger partial charge in [-0.2, -0.15) is 5.26 Å². The van der Waals surface area contributed by atoms with Crippen LogP contribution in [-0.4, -0.2) is 37.6 Å². The predicted molar refractivity (Wildman–Crippen MR) is 44.4 cm³/mol. The van der Waals surface area contributed by atoms with E-state index < -0.39 is 0 Å². The molecular weight excluding hydrogens is 156 g/mol. The number of hydrogen-bond acceptors (Lipinski definition) is 3. The first kappa shape index (κ1) is 10.9. The molecule has 1 amide bonds. The summed E-state index contributed by atoms with van der Waals surface area (Å²) in [5.74, 6) is -0.0118. The minimum Gasteiger partial charge on any atom is -0.383 e. The Bertz CT molecular complexity index is 174. The van der Waals surface area contributed by atoms with Crippen molar-refractivity contribution >= 4 is 5.91 Å². The first-order chi connectivity index (χ1) is 5.72. The highest BCUT2D eigenvalue weighted by molar-refractivity contribution is 5.73. The van der Waals surface area contributed by atoms with Crippen molar-refractivity contribution in [2.45, 2.75) is 13.3 Å². The Balaban J connectivity index is 3.72. The van der Waals surface area contributed by atoms with Gasteiger partial charge in [-0.1, -0.05) is 0 Å². The molecule has 0 unspecified atom stereocenters. The van der Waals surface area contributed by atoms with Crippen LogP contribution in [0.3, 0.4) is 0 Å². The Hall–Kier alpha value is -1.08. The highest BCUT2D eigenvalue weighted by atomic mass is 16.5. The number of amides is 1. The van der Waals surface area contributed by atoms with Crippen molar-refractivity contribution in [2.75, 3.05) is 26.8 Å². The number of carbonyl (C=O) groups excluding carboxylic acids is 1. The molecule has 0 bridgehead atoms. The third kappa shape index (κ3) is 4.69. The lowest BCUT2D eigenvalue weighted by Crippen LogP contribution is -2.32. The molecule has 0 aromatic carbocycles. The summed E-state index contributed by atoms with van der Waals surface area (Å²) in [6.45, 7) is 3.07. The van der Waals surface area contributed by atoms with E-state index in [1.54, 1.807) is 12.0 Å². The molecule has 0 spiro atoms. The molecule has 0 aliphatic heterocycles. The molecule has 0 fully saturated rings. The third-order valence-corrected chi connectivity index (χ3v) is 1.50. The summed E-state index contributed by atoms with van der Waals surface area (Å²) in [4.78, 5) is 12.5. The van der Waals surface area contributed by atoms with Gasteiger partial charge in [-0.3, -0.25) is 4.79 Å². The van der Waals surface area contributed by atoms with Gasteiger partial charge in [0.1, 0.15) is 0 Å². The topological polar surface area (TPSA) is 53.3 Å². The van der Waals surface area contributed by atoms with E-state index in [2.05, 4.69) is 0 Å². The summed E-state index contributed by atoms with van der Waals surface area (Å²) in [7, 11) is 1.59. The zero-order valence-corrected chi connectivity index (χ0v) is 7.54. The summed E-state index contributed by atoms with van der Waals surface area (Å²) in [6.07, 6.45) is 0.378. The van der Waals surface area contributed by atoms with Gasteiger partial charge in [0.05, 0.1) is 19.1 Å². The summed E-state index contributed by atoms with van der Waals surface area (Å²) in [6, 6.07) is 1.99. The standard InChI is InChI=1S/C8H14N2O2/c1-8(11)10(5-3-4-9)6-7-12-2/h3,5-7H2,1-2H3. The van der Waals surface area contributed by atoms with Crippen molar-refractivity contribution < 1.29 is 9.53 Å². The van der Waals surface area contributed by atoms with Crippen molar-refractivity contribution in [3.63, 3.8) is 0 Å². The zero-order valence-electron chi connectivity index (χ0n) is 7.54. The number of ether oxygens (including phenoxy) is 1. The van der Waals surface area contributed by atoms with Crippen LogP contribution in [0.15, 0.2) is 0 Å². The number of nitriles is 1. The first-order valence-corrected chi connectivity index (χ1v) is 3.83. The van der Waals surface area contributed by atoms with E-state index in [0.29, 0.717) is 26.1 Å². The molecule has 0 aliphatic carbocycles. The van der Waals surface area contributed by atoms with Gasteiger partial charge in [0.25, 0.3) is 0 Å². The number of carbonyl (C=O) groups is 1. The van der Waals surface area contributed by atoms with Gasteiger partial charge in [0.2, 0.25) is 5.91 Å². The summed E-state index contributed by atoms with van der Waals surface area (Å²) < 4.78 is 4.83. The van der Waals surface area contributed by atoms with Gasteiger partial charge in [-0.25, -0.2) is 0 Å². The maximum atomic E-state index is 10.9. The van der Waals surface area contributed by atoms with Crippen LogP contribution in [0.25, 0.3) is 0 Å². The van der Waals surface area contributed by atoms with Crippen LogP contribution in [-0.2, 0) is 9.53 Å². The van der Waals surface area contributed by atoms with Gasteiger partial charge >= 0.3 is 0 Å². The summed E-state index contributed by atoms with van der Waals surface area (Å²) in [5, 5.41) is 8.30. The van der Waals surface area contributed by atoms with Gasteiger partial charge in [-0.15, -0.1) is 0 Å². The van der Waals surface area contributed by atoms with E-state index in [1.807, 2.05) is 6.07 Å². The summed E-state index contributed by atoms with van der Waals surface area (Å²) in [5.41, 5.74) is 0. The van der Waals surface area contributed by atoms with Gasteiger partial charge in [0.15, 0.2) is 0 Å². The lowest BCUT2D eigenvalue weighted by molar-refractivity contribution is -0.129. The SMILES string of the molecule is COCCN(CCC#N)C(C)=O. The van der Waals surface area contributed by atoms with E-state index in [9.17, 15) is 4.79 Å². The van der Waals surface area contributed by atoms with Crippen LogP contribution >= 0.6 is 0 Å². The number of methoxy groups -OCH3 is 1. The molecule has 0 aromatic heterocycles. The minimum absolute atomic E-state index is 0.0118. The number of hydrogen-bond donors (Lipinski definition) is 0. The quantitative estimate of drug-likeness (QED) is 0.600. The fraction of sp³-hybridized carbons (Fsp3) is 0.750. The predicted octanol–water partition coefficient (Wildman–Crippen LogP) is 0.395. The van der Waals surface area contributed by atoms with E-state index in [0.717, 1.165) is 0 Å². The third-order valence-electron chi connectivity index (χ3n) is 1.50. The van der Waals surface area contributed by atoms with Crippen molar-refractivity contribution in [3.05, 3.63) is 0 Å². The van der Waals surface area contributed by atoms with Crippen LogP contribution in [0.5, 0.6) is 0 Å². The van der Waals surface area contributed by atoms with E-state index in [1.165, 1.54) is 6.92 Å². The Morgan fingerprint density at radius 2 is 2.25 bits per heavy atom. The molecule has 0 aromatic rings. The monoisotopic (exact) mass is 170 g/mol. The average molecular weight is 170 g/mol. The van der Waals surface area contributed by atoms with Crippen LogP contribution < -0.4 is 0 Å². The zero-order chi connectivity index (χ0) is 9.40. The Morgan fingerprint density at radius 1 is 1.58 bits per heavy atom. The first-order valence-electron chi connectivity index (χ1n) is 3.83. The van der Waals surface area contributed by atoms with Crippen molar-refractivity contribution in [1.29, 1.82) is 5.26 Å². The van der Waals surface area contributed by atoms with E-state index in [-0.39, 0.29) is 5.91 Å². The fourth-order valence-corrected chi connectivity index (χ4v) is 0.813. The van der Waals surface area contributed by atoms with Crippen molar-refractivity contribution in [3.8, 4) is 6.07 Å². The molecule has 0 radical (unpaired) electrons. The maximum absolute atomic E-state index is 10.9. The molecular formula is C8H14N2O2. The Morgan fingerprint density at radius 3 is 2.67 bits per heavy atom. The minimum atomic E-state index is -0.0118. The Kier molecular flexibility index (Phi) is 6.02. The number of nitrogens with zero attached hydrogens (tertiary/aromatic N) is 2. The lowest BCUT2D eigenvalue weighted by Gasteiger charge is -2.18. The number of rotatable bonds is 5. The normalized spacial score (nSPS) is 9.08. The second-order valence-electron chi connectivity index (χ2n) is 2.41. The molecule has 12 heavy (non-hydrogen) atoms. The van der Waals surface area contributed by atoms with Crippen molar-refractivity contribution in [1.82, 2.24) is 4.90 Å². The largest absolute Gasteiger partial charge is 0.383 e. The molecule has 0 saturated heterocycles. The van der Waals surface area contributed by atoms with Gasteiger partial charge in [-0.05, 0) is 0 Å². The van der Waals surface area contributed by atoms with Gasteiger partial charge < -0.3 is 9.64 Å². The van der Waals surface area contributed by atoms with Crippen molar-refractivity contribution in [2.24, 2.45) is 0 Å². The highest BCUT2D eigenvalue weighted by Gasteiger charge is 2.06. The fourth-order valence-electron chi connectivity index (χ4n) is 0.813.